The molecule has 6 nitrogen and oxygen atoms in total. The molecule has 3 heterocycles. The highest BCUT2D eigenvalue weighted by Gasteiger charge is 2.57. The number of benzene rings is 1. The summed E-state index contributed by atoms with van der Waals surface area (Å²) in [6.45, 7) is 2.65. The van der Waals surface area contributed by atoms with Crippen LogP contribution in [0, 0.1) is 17.8 Å². The maximum atomic E-state index is 13.8. The summed E-state index contributed by atoms with van der Waals surface area (Å²) >= 11 is 6.44. The lowest BCUT2D eigenvalue weighted by atomic mass is 9.69. The Morgan fingerprint density at radius 2 is 1.95 bits per heavy atom. The van der Waals surface area contributed by atoms with Gasteiger partial charge in [0.05, 0.1) is 35.3 Å². The number of carbonyl (C=O) groups is 2. The Balaban J connectivity index is 1.25. The minimum absolute atomic E-state index is 0.0161. The zero-order valence-electron chi connectivity index (χ0n) is 23.0. The summed E-state index contributed by atoms with van der Waals surface area (Å²) in [7, 11) is 0. The van der Waals surface area contributed by atoms with Crippen molar-refractivity contribution in [1.82, 2.24) is 9.88 Å². The van der Waals surface area contributed by atoms with Crippen LogP contribution in [0.5, 0.6) is 5.75 Å². The number of likely N-dealkylation sites (tertiary alicyclic amines) is 1. The quantitative estimate of drug-likeness (QED) is 0.297. The smallest absolute Gasteiger partial charge is 0.234 e. The van der Waals surface area contributed by atoms with Gasteiger partial charge in [-0.15, -0.1) is 0 Å². The topological polar surface area (TPSA) is 79.7 Å². The molecule has 2 saturated heterocycles. The first-order chi connectivity index (χ1) is 19.5. The fourth-order valence-electron chi connectivity index (χ4n) is 7.47. The van der Waals surface area contributed by atoms with Crippen molar-refractivity contribution in [2.45, 2.75) is 76.9 Å². The molecule has 210 valence electrons. The number of pyridine rings is 1. The zero-order chi connectivity index (χ0) is 27.8. The Hall–Kier alpha value is -2.96. The van der Waals surface area contributed by atoms with Gasteiger partial charge in [0.25, 0.3) is 0 Å². The monoisotopic (exact) mass is 560 g/mol. The number of amides is 2. The van der Waals surface area contributed by atoms with Crippen LogP contribution in [0.1, 0.15) is 76.0 Å². The number of allylic oxidation sites excluding steroid dienone is 2. The predicted octanol–water partition coefficient (Wildman–Crippen LogP) is 6.82. The maximum absolute atomic E-state index is 13.8. The van der Waals surface area contributed by atoms with Gasteiger partial charge in [0, 0.05) is 18.2 Å². The summed E-state index contributed by atoms with van der Waals surface area (Å²) in [6, 6.07) is 10.9. The Bertz CT molecular complexity index is 1350. The van der Waals surface area contributed by atoms with Gasteiger partial charge in [-0.3, -0.25) is 19.5 Å². The largest absolute Gasteiger partial charge is 0.508 e. The molecule has 6 rings (SSSR count). The number of ether oxygens (including phenoxy) is 1. The number of imide groups is 1. The van der Waals surface area contributed by atoms with Crippen LogP contribution in [0.25, 0.3) is 11.6 Å². The van der Waals surface area contributed by atoms with Crippen molar-refractivity contribution in [3.8, 4) is 5.75 Å². The summed E-state index contributed by atoms with van der Waals surface area (Å²) in [5, 5.41) is 10.3. The molecule has 4 aliphatic rings. The molecule has 40 heavy (non-hydrogen) atoms. The summed E-state index contributed by atoms with van der Waals surface area (Å²) < 4.78 is 6.43. The van der Waals surface area contributed by atoms with Crippen LogP contribution in [0.2, 0.25) is 5.02 Å². The third kappa shape index (κ3) is 5.01. The third-order valence-corrected chi connectivity index (χ3v) is 9.72. The van der Waals surface area contributed by atoms with Gasteiger partial charge in [-0.05, 0) is 91.6 Å². The van der Waals surface area contributed by atoms with E-state index in [-0.39, 0.29) is 47.5 Å². The fraction of sp³-hybridized carbons (Fsp3) is 0.485. The number of halogens is 1. The van der Waals surface area contributed by atoms with E-state index in [4.69, 9.17) is 16.3 Å². The molecule has 0 spiro atoms. The van der Waals surface area contributed by atoms with Crippen LogP contribution in [-0.2, 0) is 14.3 Å². The van der Waals surface area contributed by atoms with Crippen LogP contribution in [0.15, 0.2) is 53.7 Å². The molecule has 0 unspecified atom stereocenters. The molecule has 0 radical (unpaired) electrons. The van der Waals surface area contributed by atoms with Gasteiger partial charge >= 0.3 is 0 Å². The lowest BCUT2D eigenvalue weighted by Gasteiger charge is -2.31. The first-order valence-electron chi connectivity index (χ1n) is 14.8. The van der Waals surface area contributed by atoms with Crippen molar-refractivity contribution < 1.29 is 19.4 Å². The van der Waals surface area contributed by atoms with Crippen LogP contribution in [-0.4, -0.2) is 45.6 Å². The molecule has 1 aromatic heterocycles. The number of rotatable bonds is 7. The molecule has 3 fully saturated rings. The SMILES string of the molecule is CCC1=C2[C@@H](CC/C(=C/c3ccc(O)cc3Cl)c3ccccn3)OC[C@@H]2[C@@H]2C(=O)N(C3CCCCC3)C(=O)[C@@H]2C1. The van der Waals surface area contributed by atoms with Crippen LogP contribution in [0.3, 0.4) is 0 Å². The van der Waals surface area contributed by atoms with Gasteiger partial charge in [-0.1, -0.05) is 49.4 Å². The maximum Gasteiger partial charge on any atom is 0.234 e. The van der Waals surface area contributed by atoms with Gasteiger partial charge in [0.2, 0.25) is 11.8 Å². The van der Waals surface area contributed by atoms with Gasteiger partial charge in [-0.2, -0.15) is 0 Å². The number of phenols is 1. The number of nitrogens with zero attached hydrogens (tertiary/aromatic N) is 2. The van der Waals surface area contributed by atoms with Crippen LogP contribution >= 0.6 is 11.6 Å². The van der Waals surface area contributed by atoms with Crippen LogP contribution in [0.4, 0.5) is 0 Å². The van der Waals surface area contributed by atoms with E-state index >= 15 is 0 Å². The van der Waals surface area contributed by atoms with E-state index in [0.29, 0.717) is 24.5 Å². The number of carbonyl (C=O) groups excluding carboxylic acids is 2. The third-order valence-electron chi connectivity index (χ3n) is 9.39. The van der Waals surface area contributed by atoms with Crippen molar-refractivity contribution in [2.24, 2.45) is 17.8 Å². The first kappa shape index (κ1) is 27.2. The van der Waals surface area contributed by atoms with Crippen molar-refractivity contribution in [2.75, 3.05) is 6.61 Å². The summed E-state index contributed by atoms with van der Waals surface area (Å²) in [5.41, 5.74) is 5.28. The summed E-state index contributed by atoms with van der Waals surface area (Å²) in [6.07, 6.45) is 12.0. The molecule has 1 saturated carbocycles. The van der Waals surface area contributed by atoms with Crippen molar-refractivity contribution in [1.29, 1.82) is 0 Å². The van der Waals surface area contributed by atoms with Gasteiger partial charge in [0.15, 0.2) is 0 Å². The lowest BCUT2D eigenvalue weighted by molar-refractivity contribution is -0.143. The fourth-order valence-corrected chi connectivity index (χ4v) is 7.70. The van der Waals surface area contributed by atoms with Crippen LogP contribution < -0.4 is 0 Å². The van der Waals surface area contributed by atoms with Gasteiger partial charge in [-0.25, -0.2) is 0 Å². The van der Waals surface area contributed by atoms with Gasteiger partial charge < -0.3 is 9.84 Å². The van der Waals surface area contributed by atoms with E-state index in [1.54, 1.807) is 23.2 Å². The first-order valence-corrected chi connectivity index (χ1v) is 15.1. The molecule has 2 aliphatic carbocycles. The summed E-state index contributed by atoms with van der Waals surface area (Å²) in [4.78, 5) is 33.6. The number of hydrogen-bond donors (Lipinski definition) is 1. The highest BCUT2D eigenvalue weighted by Crippen LogP contribution is 2.51. The normalized spacial score (nSPS) is 27.4. The highest BCUT2D eigenvalue weighted by atomic mass is 35.5. The second-order valence-corrected chi connectivity index (χ2v) is 12.1. The van der Waals surface area contributed by atoms with Crippen molar-refractivity contribution in [3.05, 3.63) is 70.0 Å². The molecule has 2 amide bonds. The van der Waals surface area contributed by atoms with E-state index in [0.717, 1.165) is 55.4 Å². The van der Waals surface area contributed by atoms with Crippen molar-refractivity contribution in [3.63, 3.8) is 0 Å². The van der Waals surface area contributed by atoms with E-state index in [2.05, 4.69) is 11.9 Å². The molecular formula is C33H37ClN2O4. The second kappa shape index (κ2) is 11.5. The highest BCUT2D eigenvalue weighted by molar-refractivity contribution is 6.32. The Kier molecular flexibility index (Phi) is 7.82. The number of aromatic hydroxyl groups is 1. The lowest BCUT2D eigenvalue weighted by Crippen LogP contribution is -2.42. The molecule has 1 N–H and O–H groups in total. The Labute approximate surface area is 241 Å². The van der Waals surface area contributed by atoms with E-state index in [9.17, 15) is 14.7 Å². The van der Waals surface area contributed by atoms with E-state index < -0.39 is 0 Å². The molecular weight excluding hydrogens is 524 g/mol. The number of hydrogen-bond acceptors (Lipinski definition) is 5. The number of fused-ring (bicyclic) bond motifs is 3. The molecule has 1 aromatic carbocycles. The predicted molar refractivity (Wildman–Crippen MR) is 155 cm³/mol. The second-order valence-electron chi connectivity index (χ2n) is 11.6. The van der Waals surface area contributed by atoms with E-state index in [1.165, 1.54) is 17.6 Å². The molecule has 7 heteroatoms. The molecule has 2 aliphatic heterocycles. The molecule has 2 aromatic rings. The number of aromatic nitrogens is 1. The average molecular weight is 561 g/mol. The molecule has 0 bridgehead atoms. The Morgan fingerprint density at radius 1 is 1.12 bits per heavy atom. The minimum Gasteiger partial charge on any atom is -0.508 e. The summed E-state index contributed by atoms with van der Waals surface area (Å²) in [5.74, 6) is -0.310. The minimum atomic E-state index is -0.286. The van der Waals surface area contributed by atoms with Crippen molar-refractivity contribution >= 4 is 35.1 Å². The zero-order valence-corrected chi connectivity index (χ0v) is 23.8. The van der Waals surface area contributed by atoms with E-state index in [1.807, 2.05) is 30.3 Å². The average Bonchev–Trinajstić information content (AvgIpc) is 3.50. The molecule has 4 atom stereocenters. The standard InChI is InChI=1S/C33H37ClN2O4/c1-2-20-17-25-31(33(39)36(32(25)38)23-8-4-3-5-9-23)26-19-40-29(30(20)26)14-12-22(28-10-6-7-15-35-28)16-21-11-13-24(37)18-27(21)34/h6-7,10-11,13,15-16,18,23,25-26,29,31,37H,2-5,8-9,12,14,17,19H2,1H3/b22-16-/t25-,26+,29-,31-/m1/s1. The van der Waals surface area contributed by atoms with Gasteiger partial charge in [0.1, 0.15) is 5.75 Å². The Morgan fingerprint density at radius 3 is 2.67 bits per heavy atom. The number of phenolic OH excluding ortho intramolecular Hbond substituents is 1.